The number of benzene rings is 2. The zero-order valence-electron chi connectivity index (χ0n) is 16.9. The molecule has 0 bridgehead atoms. The maximum atomic E-state index is 14.5. The summed E-state index contributed by atoms with van der Waals surface area (Å²) in [6.45, 7) is 7.06. The lowest BCUT2D eigenvalue weighted by Gasteiger charge is -2.08. The summed E-state index contributed by atoms with van der Waals surface area (Å²) in [5, 5.41) is 20.9. The van der Waals surface area contributed by atoms with Crippen molar-refractivity contribution in [3.8, 4) is 34.2 Å². The van der Waals surface area contributed by atoms with Gasteiger partial charge in [-0.15, -0.1) is 5.10 Å². The van der Waals surface area contributed by atoms with E-state index >= 15 is 0 Å². The van der Waals surface area contributed by atoms with Gasteiger partial charge >= 0.3 is 5.97 Å². The van der Waals surface area contributed by atoms with Crippen LogP contribution >= 0.6 is 0 Å². The average molecular weight is 447 g/mol. The molecule has 0 radical (unpaired) electrons. The van der Waals surface area contributed by atoms with Crippen LogP contribution in [0.4, 0.5) is 8.78 Å². The van der Waals surface area contributed by atoms with Gasteiger partial charge in [-0.1, -0.05) is 53.9 Å². The van der Waals surface area contributed by atoms with E-state index in [1.54, 1.807) is 30.3 Å². The number of aromatic carboxylic acids is 1. The first-order chi connectivity index (χ1) is 15.9. The number of aromatic nitrogens is 5. The van der Waals surface area contributed by atoms with Gasteiger partial charge in [0, 0.05) is 5.56 Å². The second kappa shape index (κ2) is 8.79. The summed E-state index contributed by atoms with van der Waals surface area (Å²) in [4.78, 5) is 15.2. The molecular weight excluding hydrogens is 432 g/mol. The third kappa shape index (κ3) is 3.97. The van der Waals surface area contributed by atoms with E-state index in [-0.39, 0.29) is 34.2 Å². The van der Waals surface area contributed by atoms with Crippen LogP contribution in [0.2, 0.25) is 0 Å². The van der Waals surface area contributed by atoms with Crippen molar-refractivity contribution in [3.05, 3.63) is 91.0 Å². The van der Waals surface area contributed by atoms with E-state index < -0.39 is 17.6 Å². The van der Waals surface area contributed by atoms with Crippen molar-refractivity contribution in [1.82, 2.24) is 25.1 Å². The fraction of sp³-hybridized carbons (Fsp3) is 0. The molecule has 4 rings (SSSR count). The first-order valence-corrected chi connectivity index (χ1v) is 9.48. The van der Waals surface area contributed by atoms with Gasteiger partial charge in [0.1, 0.15) is 23.0 Å². The van der Waals surface area contributed by atoms with Crippen LogP contribution < -0.4 is 0 Å². The number of rotatable bonds is 7. The van der Waals surface area contributed by atoms with Gasteiger partial charge in [0.2, 0.25) is 5.82 Å². The molecule has 33 heavy (non-hydrogen) atoms. The summed E-state index contributed by atoms with van der Waals surface area (Å²) in [7, 11) is 0. The van der Waals surface area contributed by atoms with Crippen LogP contribution in [0.1, 0.15) is 10.4 Å². The highest BCUT2D eigenvalue weighted by atomic mass is 19.1. The molecule has 0 aliphatic carbocycles. The lowest BCUT2D eigenvalue weighted by atomic mass is 10.1. The number of halogens is 2. The molecule has 2 aromatic heterocycles. The molecule has 0 aliphatic heterocycles. The van der Waals surface area contributed by atoms with Crippen molar-refractivity contribution >= 4 is 11.7 Å². The van der Waals surface area contributed by atoms with Crippen molar-refractivity contribution in [2.24, 2.45) is 0 Å². The zero-order chi connectivity index (χ0) is 23.5. The van der Waals surface area contributed by atoms with Gasteiger partial charge in [0.15, 0.2) is 5.69 Å². The number of carbonyl (C=O) groups is 1. The molecule has 164 valence electrons. The largest absolute Gasteiger partial charge is 0.478 e. The Labute approximate surface area is 185 Å². The van der Waals surface area contributed by atoms with Crippen molar-refractivity contribution in [3.63, 3.8) is 0 Å². The van der Waals surface area contributed by atoms with E-state index in [0.717, 1.165) is 12.1 Å². The predicted molar refractivity (Wildman–Crippen MR) is 116 cm³/mol. The van der Waals surface area contributed by atoms with Crippen LogP contribution in [0, 0.1) is 5.82 Å². The van der Waals surface area contributed by atoms with Gasteiger partial charge < -0.3 is 9.63 Å². The number of hydrogen-bond donors (Lipinski definition) is 1. The van der Waals surface area contributed by atoms with Crippen LogP contribution in [0.25, 0.3) is 39.9 Å². The topological polar surface area (TPSA) is 107 Å². The SMILES string of the molecule is C=C/C(F)=C(\C=C)n1nnc(-c2nc(-c3ccc(C(=O)O)cc3F)no2)c1-c1ccccc1. The number of carboxylic acid groups (broad SMARTS) is 1. The fourth-order valence-corrected chi connectivity index (χ4v) is 3.10. The summed E-state index contributed by atoms with van der Waals surface area (Å²) >= 11 is 0. The number of carboxylic acids is 1. The standard InChI is InChI=1S/C23H15F2N5O3/c1-3-16(24)18(4-2)30-20(13-8-6-5-7-9-13)19(27-29-30)22-26-21(28-33-22)15-11-10-14(23(31)32)12-17(15)25/h3-12H,1-2H2,(H,31,32)/b18-16-. The first kappa shape index (κ1) is 21.5. The third-order valence-corrected chi connectivity index (χ3v) is 4.65. The Morgan fingerprint density at radius 1 is 1.12 bits per heavy atom. The molecule has 0 aliphatic rings. The van der Waals surface area contributed by atoms with Gasteiger partial charge in [0.25, 0.3) is 5.89 Å². The molecule has 10 heteroatoms. The summed E-state index contributed by atoms with van der Waals surface area (Å²) in [5.41, 5.74) is 0.788. The molecule has 0 unspecified atom stereocenters. The summed E-state index contributed by atoms with van der Waals surface area (Å²) in [6.07, 6.45) is 2.28. The van der Waals surface area contributed by atoms with Crippen LogP contribution in [0.15, 0.2) is 84.2 Å². The van der Waals surface area contributed by atoms with Gasteiger partial charge in [-0.05, 0) is 30.4 Å². The van der Waals surface area contributed by atoms with E-state index in [2.05, 4.69) is 33.6 Å². The minimum absolute atomic E-state index is 0.00218. The lowest BCUT2D eigenvalue weighted by molar-refractivity contribution is 0.0696. The Balaban J connectivity index is 1.86. The molecule has 4 aromatic rings. The quantitative estimate of drug-likeness (QED) is 0.397. The van der Waals surface area contributed by atoms with E-state index in [9.17, 15) is 13.6 Å². The second-order valence-electron chi connectivity index (χ2n) is 6.63. The van der Waals surface area contributed by atoms with Crippen molar-refractivity contribution < 1.29 is 23.2 Å². The predicted octanol–water partition coefficient (Wildman–Crippen LogP) is 5.01. The van der Waals surface area contributed by atoms with E-state index in [0.29, 0.717) is 11.3 Å². The van der Waals surface area contributed by atoms with Gasteiger partial charge in [0.05, 0.1) is 11.1 Å². The van der Waals surface area contributed by atoms with E-state index in [1.165, 1.54) is 22.9 Å². The Morgan fingerprint density at radius 3 is 2.52 bits per heavy atom. The normalized spacial score (nSPS) is 11.7. The summed E-state index contributed by atoms with van der Waals surface area (Å²) in [6, 6.07) is 12.2. The third-order valence-electron chi connectivity index (χ3n) is 4.65. The molecule has 1 N–H and O–H groups in total. The maximum absolute atomic E-state index is 14.5. The van der Waals surface area contributed by atoms with E-state index in [1.807, 2.05) is 0 Å². The number of hydrogen-bond acceptors (Lipinski definition) is 6. The van der Waals surface area contributed by atoms with Crippen LogP contribution in [-0.2, 0) is 0 Å². The van der Waals surface area contributed by atoms with Crippen LogP contribution in [0.3, 0.4) is 0 Å². The average Bonchev–Trinajstić information content (AvgIpc) is 3.47. The molecule has 2 aromatic carbocycles. The Morgan fingerprint density at radius 2 is 1.88 bits per heavy atom. The van der Waals surface area contributed by atoms with Crippen molar-refractivity contribution in [1.29, 1.82) is 0 Å². The number of nitrogens with zero attached hydrogens (tertiary/aromatic N) is 5. The molecule has 0 saturated carbocycles. The minimum atomic E-state index is -1.27. The Hall–Kier alpha value is -4.73. The molecule has 0 amide bonds. The highest BCUT2D eigenvalue weighted by Crippen LogP contribution is 2.33. The molecule has 0 fully saturated rings. The Kier molecular flexibility index (Phi) is 5.73. The smallest absolute Gasteiger partial charge is 0.335 e. The Bertz CT molecular complexity index is 1410. The van der Waals surface area contributed by atoms with Gasteiger partial charge in [-0.25, -0.2) is 18.3 Å². The first-order valence-electron chi connectivity index (χ1n) is 9.48. The maximum Gasteiger partial charge on any atom is 0.335 e. The minimum Gasteiger partial charge on any atom is -0.478 e. The van der Waals surface area contributed by atoms with Gasteiger partial charge in [-0.3, -0.25) is 0 Å². The lowest BCUT2D eigenvalue weighted by Crippen LogP contribution is -2.02. The fourth-order valence-electron chi connectivity index (χ4n) is 3.10. The van der Waals surface area contributed by atoms with Crippen LogP contribution in [-0.4, -0.2) is 36.2 Å². The number of allylic oxidation sites excluding steroid dienone is 4. The molecule has 0 spiro atoms. The molecular formula is C23H15F2N5O3. The molecule has 2 heterocycles. The highest BCUT2D eigenvalue weighted by Gasteiger charge is 2.25. The summed E-state index contributed by atoms with van der Waals surface area (Å²) < 4.78 is 35.4. The highest BCUT2D eigenvalue weighted by molar-refractivity contribution is 5.88. The van der Waals surface area contributed by atoms with Gasteiger partial charge in [-0.2, -0.15) is 4.98 Å². The zero-order valence-corrected chi connectivity index (χ0v) is 16.9. The molecule has 0 atom stereocenters. The molecule has 8 nitrogen and oxygen atoms in total. The van der Waals surface area contributed by atoms with E-state index in [4.69, 9.17) is 9.63 Å². The summed E-state index contributed by atoms with van der Waals surface area (Å²) in [5.74, 6) is -3.00. The second-order valence-corrected chi connectivity index (χ2v) is 6.63. The molecule has 0 saturated heterocycles. The van der Waals surface area contributed by atoms with Crippen molar-refractivity contribution in [2.45, 2.75) is 0 Å². The monoisotopic (exact) mass is 447 g/mol. The van der Waals surface area contributed by atoms with Crippen molar-refractivity contribution in [2.75, 3.05) is 0 Å². The van der Waals surface area contributed by atoms with Crippen LogP contribution in [0.5, 0.6) is 0 Å².